The van der Waals surface area contributed by atoms with Crippen molar-refractivity contribution in [3.63, 3.8) is 0 Å². The maximum atomic E-state index is 12.0. The van der Waals surface area contributed by atoms with Crippen LogP contribution < -0.4 is 11.1 Å². The lowest BCUT2D eigenvalue weighted by Crippen LogP contribution is -2.50. The fourth-order valence-corrected chi connectivity index (χ4v) is 2.81. The Balaban J connectivity index is 2.20. The van der Waals surface area contributed by atoms with Crippen LogP contribution in [0.4, 0.5) is 10.5 Å². The summed E-state index contributed by atoms with van der Waals surface area (Å²) < 4.78 is 5.29. The van der Waals surface area contributed by atoms with E-state index in [1.54, 1.807) is 0 Å². The van der Waals surface area contributed by atoms with Crippen molar-refractivity contribution in [3.05, 3.63) is 29.8 Å². The van der Waals surface area contributed by atoms with Gasteiger partial charge in [-0.1, -0.05) is 18.2 Å². The number of hydrogen-bond acceptors (Lipinski definition) is 4. The highest BCUT2D eigenvalue weighted by atomic mass is 16.6. The van der Waals surface area contributed by atoms with Gasteiger partial charge in [0.2, 0.25) is 0 Å². The van der Waals surface area contributed by atoms with E-state index in [1.165, 1.54) is 0 Å². The van der Waals surface area contributed by atoms with E-state index in [4.69, 9.17) is 10.5 Å². The van der Waals surface area contributed by atoms with Gasteiger partial charge in [-0.15, -0.1) is 0 Å². The molecule has 116 valence electrons. The summed E-state index contributed by atoms with van der Waals surface area (Å²) in [7, 11) is 0. The first kappa shape index (κ1) is 15.8. The fourth-order valence-electron chi connectivity index (χ4n) is 2.81. The number of hydrogen-bond donors (Lipinski definition) is 3. The molecule has 0 radical (unpaired) electrons. The average molecular weight is 292 g/mol. The minimum absolute atomic E-state index is 0.259. The number of anilines is 1. The summed E-state index contributed by atoms with van der Waals surface area (Å²) in [6, 6.07) is 7.56. The van der Waals surface area contributed by atoms with Crippen LogP contribution >= 0.6 is 0 Å². The summed E-state index contributed by atoms with van der Waals surface area (Å²) in [5, 5.41) is 12.4. The highest BCUT2D eigenvalue weighted by molar-refractivity contribution is 5.86. The second kappa shape index (κ2) is 5.66. The van der Waals surface area contributed by atoms with Crippen LogP contribution in [0.25, 0.3) is 0 Å². The van der Waals surface area contributed by atoms with Gasteiger partial charge in [-0.05, 0) is 45.2 Å². The average Bonchev–Trinajstić information content (AvgIpc) is 2.33. The number of benzene rings is 1. The molecule has 1 aromatic rings. The quantitative estimate of drug-likeness (QED) is 0.798. The van der Waals surface area contributed by atoms with E-state index in [1.807, 2.05) is 45.0 Å². The predicted octanol–water partition coefficient (Wildman–Crippen LogP) is 2.38. The van der Waals surface area contributed by atoms with Gasteiger partial charge in [-0.3, -0.25) is 5.32 Å². The Hall–Kier alpha value is -1.59. The molecule has 0 bridgehead atoms. The summed E-state index contributed by atoms with van der Waals surface area (Å²) >= 11 is 0. The van der Waals surface area contributed by atoms with Crippen LogP contribution in [0.15, 0.2) is 24.3 Å². The Bertz CT molecular complexity index is 516. The number of aliphatic hydroxyl groups excluding tert-OH is 1. The van der Waals surface area contributed by atoms with Gasteiger partial charge in [0, 0.05) is 17.6 Å². The van der Waals surface area contributed by atoms with Gasteiger partial charge >= 0.3 is 6.09 Å². The molecule has 5 nitrogen and oxygen atoms in total. The fraction of sp³-hybridized carbons (Fsp3) is 0.562. The Labute approximate surface area is 125 Å². The van der Waals surface area contributed by atoms with Crippen LogP contribution in [0.3, 0.4) is 0 Å². The zero-order valence-electron chi connectivity index (χ0n) is 12.8. The molecule has 0 unspecified atom stereocenters. The topological polar surface area (TPSA) is 84.6 Å². The minimum Gasteiger partial charge on any atom is -0.444 e. The molecule has 0 aromatic heterocycles. The van der Waals surface area contributed by atoms with E-state index in [2.05, 4.69) is 5.32 Å². The Morgan fingerprint density at radius 2 is 2.05 bits per heavy atom. The third kappa shape index (κ3) is 3.54. The molecule has 1 aliphatic carbocycles. The molecule has 1 amide bonds. The smallest absolute Gasteiger partial charge is 0.412 e. The molecule has 5 heteroatoms. The van der Waals surface area contributed by atoms with Crippen molar-refractivity contribution in [3.8, 4) is 0 Å². The third-order valence-electron chi connectivity index (χ3n) is 3.78. The molecule has 1 fully saturated rings. The van der Waals surface area contributed by atoms with Gasteiger partial charge in [0.05, 0.1) is 6.10 Å². The molecule has 0 heterocycles. The Kier molecular flexibility index (Phi) is 4.25. The van der Waals surface area contributed by atoms with Crippen LogP contribution in [0.2, 0.25) is 0 Å². The number of rotatable bonds is 3. The monoisotopic (exact) mass is 292 g/mol. The van der Waals surface area contributed by atoms with Crippen LogP contribution in [0.1, 0.15) is 39.2 Å². The van der Waals surface area contributed by atoms with Crippen LogP contribution in [-0.2, 0) is 10.2 Å². The molecule has 1 aliphatic rings. The van der Waals surface area contributed by atoms with Crippen LogP contribution in [0, 0.1) is 0 Å². The predicted molar refractivity (Wildman–Crippen MR) is 82.3 cm³/mol. The maximum absolute atomic E-state index is 12.0. The second-order valence-corrected chi connectivity index (χ2v) is 6.72. The lowest BCUT2D eigenvalue weighted by molar-refractivity contribution is 0.0225. The van der Waals surface area contributed by atoms with E-state index in [0.29, 0.717) is 25.1 Å². The van der Waals surface area contributed by atoms with Crippen molar-refractivity contribution in [2.24, 2.45) is 5.73 Å². The van der Waals surface area contributed by atoms with E-state index < -0.39 is 11.7 Å². The maximum Gasteiger partial charge on any atom is 0.412 e. The molecule has 0 atom stereocenters. The summed E-state index contributed by atoms with van der Waals surface area (Å²) in [5.41, 5.74) is 6.77. The van der Waals surface area contributed by atoms with Crippen molar-refractivity contribution in [1.82, 2.24) is 0 Å². The van der Waals surface area contributed by atoms with Gasteiger partial charge in [0.15, 0.2) is 0 Å². The lowest BCUT2D eigenvalue weighted by Gasteiger charge is -2.46. The van der Waals surface area contributed by atoms with Crippen molar-refractivity contribution in [2.75, 3.05) is 11.9 Å². The Morgan fingerprint density at radius 1 is 1.43 bits per heavy atom. The minimum atomic E-state index is -0.544. The summed E-state index contributed by atoms with van der Waals surface area (Å²) in [6.07, 6.45) is 0.442. The van der Waals surface area contributed by atoms with Gasteiger partial charge in [0.1, 0.15) is 5.60 Å². The van der Waals surface area contributed by atoms with Crippen molar-refractivity contribution < 1.29 is 14.6 Å². The van der Waals surface area contributed by atoms with E-state index in [9.17, 15) is 9.90 Å². The summed E-state index contributed by atoms with van der Waals surface area (Å²) in [4.78, 5) is 12.0. The molecule has 0 aliphatic heterocycles. The van der Waals surface area contributed by atoms with Gasteiger partial charge < -0.3 is 15.6 Å². The van der Waals surface area contributed by atoms with E-state index in [-0.39, 0.29) is 11.5 Å². The normalized spacial score (nSPS) is 25.1. The first-order valence-electron chi connectivity index (χ1n) is 7.23. The zero-order valence-corrected chi connectivity index (χ0v) is 12.8. The number of carbonyl (C=O) groups is 1. The number of ether oxygens (including phenoxy) is 1. The van der Waals surface area contributed by atoms with Gasteiger partial charge in [0.25, 0.3) is 0 Å². The number of aliphatic hydroxyl groups is 1. The van der Waals surface area contributed by atoms with Crippen molar-refractivity contribution >= 4 is 11.8 Å². The number of nitrogens with two attached hydrogens (primary N) is 1. The van der Waals surface area contributed by atoms with Gasteiger partial charge in [-0.25, -0.2) is 4.79 Å². The molecule has 1 aromatic carbocycles. The zero-order chi connectivity index (χ0) is 15.7. The second-order valence-electron chi connectivity index (χ2n) is 6.72. The molecule has 2 rings (SSSR count). The molecule has 1 saturated carbocycles. The van der Waals surface area contributed by atoms with Gasteiger partial charge in [-0.2, -0.15) is 0 Å². The largest absolute Gasteiger partial charge is 0.444 e. The van der Waals surface area contributed by atoms with Crippen LogP contribution in [-0.4, -0.2) is 29.4 Å². The standard InChI is InChI=1S/C16H24N2O3/c1-15(2,3)21-14(20)18-13-7-5-4-6-12(13)16(10-17)8-11(19)9-16/h4-7,11,19H,8-10,17H2,1-3H3,(H,18,20). The van der Waals surface area contributed by atoms with E-state index in [0.717, 1.165) is 5.56 Å². The first-order chi connectivity index (χ1) is 9.76. The SMILES string of the molecule is CC(C)(C)OC(=O)Nc1ccccc1C1(CN)CC(O)C1. The molecule has 4 N–H and O–H groups in total. The molecule has 0 spiro atoms. The van der Waals surface area contributed by atoms with Crippen molar-refractivity contribution in [2.45, 2.75) is 50.7 Å². The number of carbonyl (C=O) groups excluding carboxylic acids is 1. The first-order valence-corrected chi connectivity index (χ1v) is 7.23. The van der Waals surface area contributed by atoms with Crippen LogP contribution in [0.5, 0.6) is 0 Å². The van der Waals surface area contributed by atoms with E-state index >= 15 is 0 Å². The Morgan fingerprint density at radius 3 is 2.57 bits per heavy atom. The highest BCUT2D eigenvalue weighted by Crippen LogP contribution is 2.45. The number of amides is 1. The molecular weight excluding hydrogens is 268 g/mol. The third-order valence-corrected chi connectivity index (χ3v) is 3.78. The highest BCUT2D eigenvalue weighted by Gasteiger charge is 2.45. The number of nitrogens with one attached hydrogen (secondary N) is 1. The molecule has 0 saturated heterocycles. The lowest BCUT2D eigenvalue weighted by atomic mass is 9.62. The number of para-hydroxylation sites is 1. The molecular formula is C16H24N2O3. The summed E-state index contributed by atoms with van der Waals surface area (Å²) in [5.74, 6) is 0. The summed E-state index contributed by atoms with van der Waals surface area (Å²) in [6.45, 7) is 5.91. The molecule has 21 heavy (non-hydrogen) atoms. The van der Waals surface area contributed by atoms with Crippen molar-refractivity contribution in [1.29, 1.82) is 0 Å².